The van der Waals surface area contributed by atoms with E-state index in [9.17, 15) is 9.18 Å². The highest BCUT2D eigenvalue weighted by Gasteiger charge is 2.28. The molecule has 94 valence electrons. The Balaban J connectivity index is 2.19. The maximum Gasteiger partial charge on any atom is 0.351 e. The lowest BCUT2D eigenvalue weighted by Crippen LogP contribution is -2.29. The molecule has 2 N–H and O–H groups in total. The molecule has 1 aliphatic heterocycles. The number of aromatic nitrogens is 2. The van der Waals surface area contributed by atoms with Gasteiger partial charge in [0.05, 0.1) is 12.8 Å². The van der Waals surface area contributed by atoms with E-state index >= 15 is 0 Å². The number of halogens is 1. The number of thioether (sulfide) groups is 1. The van der Waals surface area contributed by atoms with E-state index in [0.29, 0.717) is 12.4 Å². The van der Waals surface area contributed by atoms with Crippen LogP contribution in [0.1, 0.15) is 6.23 Å². The summed E-state index contributed by atoms with van der Waals surface area (Å²) in [7, 11) is 1.56. The lowest BCUT2D eigenvalue weighted by molar-refractivity contribution is -0.0156. The number of nitrogens with zero attached hydrogens (tertiary/aromatic N) is 2. The molecular weight excluding hydrogens is 249 g/mol. The number of nitrogen functional groups attached to an aromatic ring is 1. The second-order valence-electron chi connectivity index (χ2n) is 3.47. The molecule has 1 aromatic rings. The zero-order valence-corrected chi connectivity index (χ0v) is 9.95. The van der Waals surface area contributed by atoms with Crippen LogP contribution in [0.25, 0.3) is 0 Å². The van der Waals surface area contributed by atoms with Crippen molar-refractivity contribution in [1.29, 1.82) is 0 Å². The van der Waals surface area contributed by atoms with Crippen molar-refractivity contribution in [2.75, 3.05) is 25.2 Å². The predicted molar refractivity (Wildman–Crippen MR) is 61.1 cm³/mol. The van der Waals surface area contributed by atoms with E-state index in [1.165, 1.54) is 11.8 Å². The summed E-state index contributed by atoms with van der Waals surface area (Å²) >= 11 is 1.50. The standard InChI is InChI=1S/C9H12FN3O3S/c1-15-3-7-16-6(4-17-7)13-2-5(10)8(11)12-9(13)14/h2,6-7H,3-4H2,1H3,(H2,11,12,14)/t6?,7-/m1/s1. The van der Waals surface area contributed by atoms with Crippen LogP contribution < -0.4 is 11.4 Å². The van der Waals surface area contributed by atoms with Crippen molar-refractivity contribution in [3.05, 3.63) is 22.5 Å². The van der Waals surface area contributed by atoms with Gasteiger partial charge in [-0.15, -0.1) is 11.8 Å². The van der Waals surface area contributed by atoms with Crippen LogP contribution in [0.2, 0.25) is 0 Å². The third-order valence-electron chi connectivity index (χ3n) is 2.28. The minimum Gasteiger partial charge on any atom is -0.381 e. The minimum absolute atomic E-state index is 0.155. The van der Waals surface area contributed by atoms with Gasteiger partial charge in [0.2, 0.25) is 0 Å². The largest absolute Gasteiger partial charge is 0.381 e. The maximum atomic E-state index is 13.2. The average molecular weight is 261 g/mol. The van der Waals surface area contributed by atoms with Gasteiger partial charge >= 0.3 is 5.69 Å². The topological polar surface area (TPSA) is 79.4 Å². The second kappa shape index (κ2) is 5.03. The lowest BCUT2D eigenvalue weighted by Gasteiger charge is -2.14. The van der Waals surface area contributed by atoms with E-state index in [-0.39, 0.29) is 5.44 Å². The van der Waals surface area contributed by atoms with Gasteiger partial charge in [-0.1, -0.05) is 0 Å². The molecule has 6 nitrogen and oxygen atoms in total. The van der Waals surface area contributed by atoms with E-state index in [4.69, 9.17) is 15.2 Å². The van der Waals surface area contributed by atoms with Crippen molar-refractivity contribution in [2.45, 2.75) is 11.7 Å². The first-order valence-corrected chi connectivity index (χ1v) is 5.97. The number of nitrogens with two attached hydrogens (primary N) is 1. The monoisotopic (exact) mass is 261 g/mol. The highest BCUT2D eigenvalue weighted by molar-refractivity contribution is 8.00. The van der Waals surface area contributed by atoms with Crippen LogP contribution in [-0.4, -0.2) is 34.5 Å². The summed E-state index contributed by atoms with van der Waals surface area (Å²) < 4.78 is 24.8. The van der Waals surface area contributed by atoms with Crippen LogP contribution in [0.4, 0.5) is 10.2 Å². The second-order valence-corrected chi connectivity index (χ2v) is 4.67. The van der Waals surface area contributed by atoms with Crippen molar-refractivity contribution in [3.63, 3.8) is 0 Å². The summed E-state index contributed by atoms with van der Waals surface area (Å²) in [4.78, 5) is 14.9. The molecule has 2 heterocycles. The summed E-state index contributed by atoms with van der Waals surface area (Å²) in [6, 6.07) is 0. The van der Waals surface area contributed by atoms with Gasteiger partial charge in [0.1, 0.15) is 11.7 Å². The average Bonchev–Trinajstić information content (AvgIpc) is 2.72. The Kier molecular flexibility index (Phi) is 3.65. The van der Waals surface area contributed by atoms with Gasteiger partial charge in [0.15, 0.2) is 11.6 Å². The van der Waals surface area contributed by atoms with Crippen LogP contribution in [0.5, 0.6) is 0 Å². The molecule has 17 heavy (non-hydrogen) atoms. The van der Waals surface area contributed by atoms with Gasteiger partial charge in [-0.25, -0.2) is 9.18 Å². The third-order valence-corrected chi connectivity index (χ3v) is 3.38. The Hall–Kier alpha value is -1.12. The molecule has 0 spiro atoms. The molecule has 0 amide bonds. The third kappa shape index (κ3) is 2.59. The van der Waals surface area contributed by atoms with Gasteiger partial charge in [-0.3, -0.25) is 4.57 Å². The van der Waals surface area contributed by atoms with Crippen molar-refractivity contribution in [2.24, 2.45) is 0 Å². The quantitative estimate of drug-likeness (QED) is 0.837. The number of hydrogen-bond acceptors (Lipinski definition) is 6. The summed E-state index contributed by atoms with van der Waals surface area (Å²) in [6.07, 6.45) is 0.487. The van der Waals surface area contributed by atoms with Crippen LogP contribution in [0, 0.1) is 5.82 Å². The number of ether oxygens (including phenoxy) is 2. The van der Waals surface area contributed by atoms with Gasteiger partial charge in [0.25, 0.3) is 0 Å². The fourth-order valence-electron chi connectivity index (χ4n) is 1.48. The Labute approximate surface area is 101 Å². The number of rotatable bonds is 3. The van der Waals surface area contributed by atoms with Crippen molar-refractivity contribution in [1.82, 2.24) is 9.55 Å². The van der Waals surface area contributed by atoms with Gasteiger partial charge in [-0.05, 0) is 0 Å². The predicted octanol–water partition coefficient (Wildman–Crippen LogP) is 0.199. The number of anilines is 1. The molecule has 1 aliphatic rings. The molecule has 1 aromatic heterocycles. The van der Waals surface area contributed by atoms with Crippen LogP contribution in [-0.2, 0) is 9.47 Å². The maximum absolute atomic E-state index is 13.2. The molecule has 0 aliphatic carbocycles. The van der Waals surface area contributed by atoms with Crippen molar-refractivity contribution >= 4 is 17.6 Å². The van der Waals surface area contributed by atoms with E-state index < -0.39 is 23.6 Å². The molecule has 0 bridgehead atoms. The van der Waals surface area contributed by atoms with Crippen LogP contribution >= 0.6 is 11.8 Å². The summed E-state index contributed by atoms with van der Waals surface area (Å²) in [5.41, 5.74) is 4.42. The number of methoxy groups -OCH3 is 1. The molecule has 8 heteroatoms. The first kappa shape index (κ1) is 12.3. The Bertz CT molecular complexity index is 467. The molecular formula is C9H12FN3O3S. The molecule has 2 atom stereocenters. The van der Waals surface area contributed by atoms with Gasteiger partial charge < -0.3 is 15.2 Å². The molecule has 1 fully saturated rings. The molecule has 0 aromatic carbocycles. The lowest BCUT2D eigenvalue weighted by atomic mass is 10.5. The highest BCUT2D eigenvalue weighted by Crippen LogP contribution is 2.31. The fourth-order valence-corrected chi connectivity index (χ4v) is 2.53. The SMILES string of the molecule is COC[C@@H]1OC(n2cc(F)c(N)nc2=O)CS1. The van der Waals surface area contributed by atoms with Gasteiger partial charge in [-0.2, -0.15) is 4.98 Å². The van der Waals surface area contributed by atoms with E-state index in [1.54, 1.807) is 7.11 Å². The molecule has 1 saturated heterocycles. The normalized spacial score (nSPS) is 24.1. The summed E-state index contributed by atoms with van der Waals surface area (Å²) in [5.74, 6) is -0.586. The van der Waals surface area contributed by atoms with E-state index in [2.05, 4.69) is 4.98 Å². The molecule has 0 radical (unpaired) electrons. The van der Waals surface area contributed by atoms with E-state index in [1.807, 2.05) is 0 Å². The van der Waals surface area contributed by atoms with Crippen LogP contribution in [0.3, 0.4) is 0 Å². The van der Waals surface area contributed by atoms with E-state index in [0.717, 1.165) is 10.8 Å². The molecule has 1 unspecified atom stereocenters. The Morgan fingerprint density at radius 1 is 1.82 bits per heavy atom. The smallest absolute Gasteiger partial charge is 0.351 e. The van der Waals surface area contributed by atoms with Crippen molar-refractivity contribution < 1.29 is 13.9 Å². The highest BCUT2D eigenvalue weighted by atomic mass is 32.2. The summed E-state index contributed by atoms with van der Waals surface area (Å²) in [6.45, 7) is 0.417. The van der Waals surface area contributed by atoms with Crippen molar-refractivity contribution in [3.8, 4) is 0 Å². The summed E-state index contributed by atoms with van der Waals surface area (Å²) in [5, 5.41) is 0. The first-order valence-electron chi connectivity index (χ1n) is 4.92. The Morgan fingerprint density at radius 2 is 2.59 bits per heavy atom. The minimum atomic E-state index is -0.728. The fraction of sp³-hybridized carbons (Fsp3) is 0.556. The zero-order valence-electron chi connectivity index (χ0n) is 9.13. The van der Waals surface area contributed by atoms with Gasteiger partial charge in [0, 0.05) is 12.9 Å². The molecule has 0 saturated carbocycles. The zero-order chi connectivity index (χ0) is 12.4. The number of hydrogen-bond donors (Lipinski definition) is 1. The first-order chi connectivity index (χ1) is 8.11. The van der Waals surface area contributed by atoms with Crippen LogP contribution in [0.15, 0.2) is 11.0 Å². The Morgan fingerprint density at radius 3 is 3.29 bits per heavy atom. The molecule has 2 rings (SSSR count).